The van der Waals surface area contributed by atoms with Gasteiger partial charge in [0, 0.05) is 18.6 Å². The number of carbonyl (C=O) groups excluding carboxylic acids is 1. The van der Waals surface area contributed by atoms with Crippen LogP contribution in [0.4, 0.5) is 0 Å². The van der Waals surface area contributed by atoms with Crippen molar-refractivity contribution in [2.24, 2.45) is 0 Å². The molecule has 0 saturated carbocycles. The average Bonchev–Trinajstić information content (AvgIpc) is 2.82. The first-order valence-electron chi connectivity index (χ1n) is 7.52. The van der Waals surface area contributed by atoms with Gasteiger partial charge in [-0.2, -0.15) is 0 Å². The lowest BCUT2D eigenvalue weighted by atomic mass is 9.93. The van der Waals surface area contributed by atoms with Crippen LogP contribution in [0.2, 0.25) is 0 Å². The number of carbonyl (C=O) groups is 1. The number of hydrogen-bond acceptors (Lipinski definition) is 5. The van der Waals surface area contributed by atoms with Gasteiger partial charge in [-0.05, 0) is 60.8 Å². The Balaban J connectivity index is 2.55. The third-order valence-electron chi connectivity index (χ3n) is 4.81. The topological polar surface area (TPSA) is 44.8 Å². The number of nitrogens with one attached hydrogen (secondary N) is 1. The molecular formula is C15H31N3O2. The Labute approximate surface area is 123 Å². The van der Waals surface area contributed by atoms with Crippen LogP contribution >= 0.6 is 0 Å². The molecule has 3 unspecified atom stereocenters. The Morgan fingerprint density at radius 2 is 2.25 bits per heavy atom. The van der Waals surface area contributed by atoms with Crippen molar-refractivity contribution < 1.29 is 9.53 Å². The highest BCUT2D eigenvalue weighted by molar-refractivity contribution is 5.80. The standard InChI is InChI=1S/C15H31N3O2/c1-12(10-15(2,16-3)14(19)20-6)18(5)11-13-8-7-9-17(13)4/h12-13,16H,7-11H2,1-6H3. The predicted octanol–water partition coefficient (Wildman–Crippen LogP) is 0.942. The van der Waals surface area contributed by atoms with Crippen molar-refractivity contribution in [1.82, 2.24) is 15.1 Å². The molecule has 0 aromatic rings. The molecule has 5 nitrogen and oxygen atoms in total. The summed E-state index contributed by atoms with van der Waals surface area (Å²) in [6, 6.07) is 0.960. The number of likely N-dealkylation sites (tertiary alicyclic amines) is 1. The van der Waals surface area contributed by atoms with Gasteiger partial charge in [-0.3, -0.25) is 4.79 Å². The maximum atomic E-state index is 11.9. The van der Waals surface area contributed by atoms with E-state index in [-0.39, 0.29) is 5.97 Å². The summed E-state index contributed by atoms with van der Waals surface area (Å²) >= 11 is 0. The second-order valence-electron chi connectivity index (χ2n) is 6.34. The van der Waals surface area contributed by atoms with Gasteiger partial charge in [0.25, 0.3) is 0 Å². The van der Waals surface area contributed by atoms with Crippen LogP contribution in [0.5, 0.6) is 0 Å². The van der Waals surface area contributed by atoms with Crippen LogP contribution in [0.1, 0.15) is 33.1 Å². The van der Waals surface area contributed by atoms with E-state index in [1.807, 2.05) is 14.0 Å². The third kappa shape index (κ3) is 4.17. The molecule has 1 rings (SSSR count). The molecule has 1 saturated heterocycles. The van der Waals surface area contributed by atoms with Crippen LogP contribution < -0.4 is 5.32 Å². The van der Waals surface area contributed by atoms with E-state index in [0.717, 1.165) is 13.0 Å². The van der Waals surface area contributed by atoms with E-state index in [2.05, 4.69) is 36.1 Å². The highest BCUT2D eigenvalue weighted by atomic mass is 16.5. The Kier molecular flexibility index (Phi) is 6.43. The van der Waals surface area contributed by atoms with Crippen LogP contribution in [-0.2, 0) is 9.53 Å². The summed E-state index contributed by atoms with van der Waals surface area (Å²) < 4.78 is 4.91. The van der Waals surface area contributed by atoms with E-state index in [0.29, 0.717) is 12.1 Å². The second-order valence-corrected chi connectivity index (χ2v) is 6.34. The molecule has 0 radical (unpaired) electrons. The van der Waals surface area contributed by atoms with Gasteiger partial charge in [-0.15, -0.1) is 0 Å². The van der Waals surface area contributed by atoms with Crippen LogP contribution in [0, 0.1) is 0 Å². The van der Waals surface area contributed by atoms with Crippen molar-refractivity contribution in [3.63, 3.8) is 0 Å². The molecule has 0 amide bonds. The van der Waals surface area contributed by atoms with Gasteiger partial charge in [-0.1, -0.05) is 0 Å². The predicted molar refractivity (Wildman–Crippen MR) is 81.8 cm³/mol. The molecule has 1 N–H and O–H groups in total. The monoisotopic (exact) mass is 285 g/mol. The fourth-order valence-corrected chi connectivity index (χ4v) is 2.98. The van der Waals surface area contributed by atoms with E-state index in [4.69, 9.17) is 4.74 Å². The highest BCUT2D eigenvalue weighted by Crippen LogP contribution is 2.20. The van der Waals surface area contributed by atoms with Crippen LogP contribution in [0.15, 0.2) is 0 Å². The Morgan fingerprint density at radius 3 is 2.70 bits per heavy atom. The quantitative estimate of drug-likeness (QED) is 0.705. The minimum atomic E-state index is -0.621. The number of ether oxygens (including phenoxy) is 1. The molecular weight excluding hydrogens is 254 g/mol. The number of nitrogens with zero attached hydrogens (tertiary/aromatic N) is 2. The summed E-state index contributed by atoms with van der Waals surface area (Å²) in [7, 11) is 7.60. The fourth-order valence-electron chi connectivity index (χ4n) is 2.98. The molecule has 3 atom stereocenters. The highest BCUT2D eigenvalue weighted by Gasteiger charge is 2.35. The van der Waals surface area contributed by atoms with E-state index in [1.54, 1.807) is 0 Å². The first-order chi connectivity index (χ1) is 9.34. The van der Waals surface area contributed by atoms with Gasteiger partial charge in [0.2, 0.25) is 0 Å². The number of rotatable bonds is 7. The van der Waals surface area contributed by atoms with Crippen molar-refractivity contribution in [3.05, 3.63) is 0 Å². The largest absolute Gasteiger partial charge is 0.468 e. The molecule has 0 bridgehead atoms. The molecule has 1 aliphatic rings. The molecule has 0 aliphatic carbocycles. The summed E-state index contributed by atoms with van der Waals surface area (Å²) in [5.41, 5.74) is -0.621. The smallest absolute Gasteiger partial charge is 0.325 e. The summed E-state index contributed by atoms with van der Waals surface area (Å²) in [5.74, 6) is -0.196. The lowest BCUT2D eigenvalue weighted by molar-refractivity contribution is -0.148. The Morgan fingerprint density at radius 1 is 1.60 bits per heavy atom. The lowest BCUT2D eigenvalue weighted by Crippen LogP contribution is -2.53. The Bertz CT molecular complexity index is 324. The van der Waals surface area contributed by atoms with Gasteiger partial charge < -0.3 is 19.9 Å². The zero-order valence-corrected chi connectivity index (χ0v) is 13.9. The minimum Gasteiger partial charge on any atom is -0.468 e. The lowest BCUT2D eigenvalue weighted by Gasteiger charge is -2.35. The first kappa shape index (κ1) is 17.4. The van der Waals surface area contributed by atoms with Gasteiger partial charge in [0.1, 0.15) is 5.54 Å². The van der Waals surface area contributed by atoms with Gasteiger partial charge in [-0.25, -0.2) is 0 Å². The van der Waals surface area contributed by atoms with Crippen molar-refractivity contribution in [3.8, 4) is 0 Å². The van der Waals surface area contributed by atoms with Gasteiger partial charge in [0.15, 0.2) is 0 Å². The zero-order chi connectivity index (χ0) is 15.3. The van der Waals surface area contributed by atoms with Crippen molar-refractivity contribution in [2.45, 2.75) is 50.7 Å². The van der Waals surface area contributed by atoms with Crippen LogP contribution in [0.25, 0.3) is 0 Å². The number of hydrogen-bond donors (Lipinski definition) is 1. The van der Waals surface area contributed by atoms with Crippen LogP contribution in [0.3, 0.4) is 0 Å². The molecule has 1 aliphatic heterocycles. The van der Waals surface area contributed by atoms with Crippen molar-refractivity contribution >= 4 is 5.97 Å². The molecule has 118 valence electrons. The third-order valence-corrected chi connectivity index (χ3v) is 4.81. The van der Waals surface area contributed by atoms with E-state index in [9.17, 15) is 4.79 Å². The molecule has 20 heavy (non-hydrogen) atoms. The summed E-state index contributed by atoms with van der Waals surface area (Å²) in [6.07, 6.45) is 3.30. The molecule has 1 heterocycles. The number of methoxy groups -OCH3 is 1. The molecule has 0 aromatic heterocycles. The van der Waals surface area contributed by atoms with Crippen molar-refractivity contribution in [2.75, 3.05) is 41.3 Å². The maximum absolute atomic E-state index is 11.9. The molecule has 1 fully saturated rings. The van der Waals surface area contributed by atoms with E-state index < -0.39 is 5.54 Å². The second kappa shape index (κ2) is 7.38. The summed E-state index contributed by atoms with van der Waals surface area (Å²) in [5, 5.41) is 3.11. The van der Waals surface area contributed by atoms with E-state index >= 15 is 0 Å². The Hall–Kier alpha value is -0.650. The normalized spacial score (nSPS) is 24.6. The SMILES string of the molecule is CNC(C)(CC(C)N(C)CC1CCCN1C)C(=O)OC. The average molecular weight is 285 g/mol. The minimum absolute atomic E-state index is 0.196. The maximum Gasteiger partial charge on any atom is 0.325 e. The molecule has 0 spiro atoms. The van der Waals surface area contributed by atoms with Gasteiger partial charge >= 0.3 is 5.97 Å². The zero-order valence-electron chi connectivity index (χ0n) is 13.9. The summed E-state index contributed by atoms with van der Waals surface area (Å²) in [4.78, 5) is 16.7. The first-order valence-corrected chi connectivity index (χ1v) is 7.52. The molecule has 5 heteroatoms. The number of likely N-dealkylation sites (N-methyl/N-ethyl adjacent to an activating group) is 3. The van der Waals surface area contributed by atoms with Crippen LogP contribution in [-0.4, -0.2) is 74.7 Å². The van der Waals surface area contributed by atoms with Gasteiger partial charge in [0.05, 0.1) is 7.11 Å². The van der Waals surface area contributed by atoms with Crippen molar-refractivity contribution in [1.29, 1.82) is 0 Å². The number of esters is 1. The summed E-state index contributed by atoms with van der Waals surface area (Å²) in [6.45, 7) is 6.33. The molecule has 0 aromatic carbocycles. The van der Waals surface area contributed by atoms with E-state index in [1.165, 1.54) is 26.5 Å². The fraction of sp³-hybridized carbons (Fsp3) is 0.933.